The number of benzene rings is 1. The smallest absolute Gasteiger partial charge is 0.121 e. The molecule has 1 aromatic rings. The van der Waals surface area contributed by atoms with E-state index >= 15 is 0 Å². The van der Waals surface area contributed by atoms with Gasteiger partial charge in [0.15, 0.2) is 0 Å². The Labute approximate surface area is 133 Å². The van der Waals surface area contributed by atoms with Crippen LogP contribution in [0.4, 0.5) is 17.1 Å². The Balaban J connectivity index is 2.18. The van der Waals surface area contributed by atoms with Crippen molar-refractivity contribution >= 4 is 23.3 Å². The molecule has 8 nitrogen and oxygen atoms in total. The molecule has 0 amide bonds. The highest BCUT2D eigenvalue weighted by atomic mass is 16.8. The van der Waals surface area contributed by atoms with E-state index in [1.165, 1.54) is 12.1 Å². The van der Waals surface area contributed by atoms with Crippen molar-refractivity contribution in [3.8, 4) is 12.3 Å². The van der Waals surface area contributed by atoms with E-state index in [-0.39, 0.29) is 22.3 Å². The minimum atomic E-state index is -0.633. The summed E-state index contributed by atoms with van der Waals surface area (Å²) < 4.78 is 0. The molecule has 0 spiro atoms. The van der Waals surface area contributed by atoms with Crippen LogP contribution in [0, 0.1) is 22.8 Å². The van der Waals surface area contributed by atoms with E-state index in [1.807, 2.05) is 0 Å². The maximum Gasteiger partial charge on any atom is 0.121 e. The molecular weight excluding hydrogens is 300 g/mol. The van der Waals surface area contributed by atoms with Gasteiger partial charge in [-0.3, -0.25) is 15.8 Å². The van der Waals surface area contributed by atoms with Crippen LogP contribution in [0.1, 0.15) is 25.7 Å². The lowest BCUT2D eigenvalue weighted by atomic mass is 9.93. The summed E-state index contributed by atoms with van der Waals surface area (Å²) in [5, 5.41) is 43.0. The standard InChI is InChI=1S/C15H16N4O4/c1-2-11-5-3-4-6-12(11)10-16-17-14-8-7-13(18(20)21)9-15(14)19(22)23/h1,7-10,17,22-23H,3-6H2/q-2. The van der Waals surface area contributed by atoms with Crippen LogP contribution in [0.3, 0.4) is 0 Å². The molecule has 0 heterocycles. The van der Waals surface area contributed by atoms with Crippen molar-refractivity contribution in [2.75, 3.05) is 15.9 Å². The topological polar surface area (TPSA) is 117 Å². The summed E-state index contributed by atoms with van der Waals surface area (Å²) in [4.78, 5) is 0. The van der Waals surface area contributed by atoms with Crippen molar-refractivity contribution in [2.45, 2.75) is 25.7 Å². The Kier molecular flexibility index (Phi) is 5.56. The zero-order valence-electron chi connectivity index (χ0n) is 12.3. The quantitative estimate of drug-likeness (QED) is 0.434. The monoisotopic (exact) mass is 316 g/mol. The molecule has 0 atom stereocenters. The third kappa shape index (κ3) is 4.21. The number of hydrazone groups is 1. The summed E-state index contributed by atoms with van der Waals surface area (Å²) in [6.45, 7) is 0. The van der Waals surface area contributed by atoms with Crippen LogP contribution < -0.4 is 15.9 Å². The first-order chi connectivity index (χ1) is 11.0. The van der Waals surface area contributed by atoms with Crippen molar-refractivity contribution < 1.29 is 10.4 Å². The molecule has 0 saturated carbocycles. The average molecular weight is 316 g/mol. The summed E-state index contributed by atoms with van der Waals surface area (Å²) in [5.41, 5.74) is 4.25. The fourth-order valence-corrected chi connectivity index (χ4v) is 2.31. The van der Waals surface area contributed by atoms with Crippen molar-refractivity contribution in [3.05, 3.63) is 39.8 Å². The normalized spacial score (nSPS) is 14.7. The number of allylic oxidation sites excluding steroid dienone is 2. The van der Waals surface area contributed by atoms with Gasteiger partial charge in [-0.15, -0.1) is 11.6 Å². The second-order valence-corrected chi connectivity index (χ2v) is 4.97. The van der Waals surface area contributed by atoms with Crippen molar-refractivity contribution in [1.29, 1.82) is 0 Å². The number of anilines is 3. The highest BCUT2D eigenvalue weighted by Gasteiger charge is 2.10. The molecule has 2 rings (SSSR count). The lowest BCUT2D eigenvalue weighted by Crippen LogP contribution is -2.14. The summed E-state index contributed by atoms with van der Waals surface area (Å²) in [6.07, 6.45) is 10.8. The van der Waals surface area contributed by atoms with Gasteiger partial charge in [0, 0.05) is 11.3 Å². The predicted octanol–water partition coefficient (Wildman–Crippen LogP) is 2.97. The van der Waals surface area contributed by atoms with Gasteiger partial charge in [-0.25, -0.2) is 0 Å². The van der Waals surface area contributed by atoms with E-state index in [1.54, 1.807) is 6.21 Å². The van der Waals surface area contributed by atoms with Crippen LogP contribution in [-0.2, 0) is 0 Å². The number of nitrogens with one attached hydrogen (secondary N) is 1. The molecule has 0 saturated heterocycles. The second kappa shape index (κ2) is 7.62. The third-order valence-electron chi connectivity index (χ3n) is 3.50. The summed E-state index contributed by atoms with van der Waals surface area (Å²) in [7, 11) is 0. The number of nitrogens with zero attached hydrogens (tertiary/aromatic N) is 3. The Bertz CT molecular complexity index is 662. The summed E-state index contributed by atoms with van der Waals surface area (Å²) >= 11 is 0. The zero-order valence-corrected chi connectivity index (χ0v) is 12.3. The van der Waals surface area contributed by atoms with E-state index in [0.717, 1.165) is 42.9 Å². The Hall–Kier alpha value is -2.57. The first-order valence-electron chi connectivity index (χ1n) is 6.97. The molecule has 0 aliphatic heterocycles. The van der Waals surface area contributed by atoms with Crippen molar-refractivity contribution in [3.63, 3.8) is 0 Å². The molecule has 1 aliphatic carbocycles. The van der Waals surface area contributed by atoms with Gasteiger partial charge in [0.25, 0.3) is 0 Å². The molecule has 122 valence electrons. The molecule has 23 heavy (non-hydrogen) atoms. The van der Waals surface area contributed by atoms with E-state index < -0.39 is 5.23 Å². The molecule has 0 aromatic heterocycles. The van der Waals surface area contributed by atoms with Gasteiger partial charge in [-0.2, -0.15) is 5.10 Å². The molecule has 8 heteroatoms. The van der Waals surface area contributed by atoms with Crippen molar-refractivity contribution in [2.24, 2.45) is 5.10 Å². The second-order valence-electron chi connectivity index (χ2n) is 4.97. The fraction of sp³-hybridized carbons (Fsp3) is 0.267. The summed E-state index contributed by atoms with van der Waals surface area (Å²) in [5.74, 6) is 2.65. The van der Waals surface area contributed by atoms with Gasteiger partial charge in [0.05, 0.1) is 11.9 Å². The highest BCUT2D eigenvalue weighted by Crippen LogP contribution is 2.29. The molecule has 1 aliphatic rings. The van der Waals surface area contributed by atoms with Gasteiger partial charge < -0.3 is 15.6 Å². The maximum atomic E-state index is 10.7. The van der Waals surface area contributed by atoms with Crippen LogP contribution in [0.25, 0.3) is 0 Å². The number of hydrogen-bond donors (Lipinski definition) is 3. The van der Waals surface area contributed by atoms with Crippen molar-refractivity contribution in [1.82, 2.24) is 0 Å². The summed E-state index contributed by atoms with van der Waals surface area (Å²) in [6, 6.07) is 3.59. The van der Waals surface area contributed by atoms with Gasteiger partial charge in [-0.1, -0.05) is 5.92 Å². The lowest BCUT2D eigenvalue weighted by molar-refractivity contribution is 0.0295. The number of rotatable bonds is 5. The molecule has 3 N–H and O–H groups in total. The lowest BCUT2D eigenvalue weighted by Gasteiger charge is -2.37. The minimum Gasteiger partial charge on any atom is -0.769 e. The predicted molar refractivity (Wildman–Crippen MR) is 88.1 cm³/mol. The Morgan fingerprint density at radius 1 is 1.26 bits per heavy atom. The minimum absolute atomic E-state index is 0.189. The van der Waals surface area contributed by atoms with Crippen LogP contribution >= 0.6 is 0 Å². The number of terminal acetylenes is 1. The average Bonchev–Trinajstić information content (AvgIpc) is 2.55. The third-order valence-corrected chi connectivity index (χ3v) is 3.50. The first-order valence-corrected chi connectivity index (χ1v) is 6.97. The zero-order chi connectivity index (χ0) is 16.8. The van der Waals surface area contributed by atoms with E-state index in [2.05, 4.69) is 16.4 Å². The molecule has 1 aromatic carbocycles. The fourth-order valence-electron chi connectivity index (χ4n) is 2.31. The SMILES string of the molecule is C#CC1=C(C=NNc2ccc(N([O-])[O-])cc2N(O)O)CCCC1. The largest absolute Gasteiger partial charge is 0.769 e. The Morgan fingerprint density at radius 3 is 2.65 bits per heavy atom. The molecule has 0 bridgehead atoms. The van der Waals surface area contributed by atoms with Gasteiger partial charge >= 0.3 is 0 Å². The van der Waals surface area contributed by atoms with E-state index in [0.29, 0.717) is 0 Å². The van der Waals surface area contributed by atoms with Gasteiger partial charge in [0.2, 0.25) is 0 Å². The maximum absolute atomic E-state index is 10.7. The van der Waals surface area contributed by atoms with E-state index in [9.17, 15) is 20.8 Å². The molecule has 0 unspecified atom stereocenters. The molecule has 0 fully saturated rings. The van der Waals surface area contributed by atoms with Gasteiger partial charge in [-0.05, 0) is 49.5 Å². The van der Waals surface area contributed by atoms with Gasteiger partial charge in [0.1, 0.15) is 5.69 Å². The Morgan fingerprint density at radius 2 is 2.00 bits per heavy atom. The van der Waals surface area contributed by atoms with E-state index in [4.69, 9.17) is 6.42 Å². The molecule has 0 radical (unpaired) electrons. The van der Waals surface area contributed by atoms with Crippen LogP contribution in [0.2, 0.25) is 0 Å². The van der Waals surface area contributed by atoms with Crippen LogP contribution in [-0.4, -0.2) is 16.6 Å². The number of hydrogen-bond acceptors (Lipinski definition) is 8. The first kappa shape index (κ1) is 16.8. The van der Waals surface area contributed by atoms with Crippen LogP contribution in [0.15, 0.2) is 34.4 Å². The highest BCUT2D eigenvalue weighted by molar-refractivity contribution is 5.83. The molecular formula is C15H16N4O4-2. The van der Waals surface area contributed by atoms with Crippen LogP contribution in [0.5, 0.6) is 0 Å².